The number of aliphatic imine (C=N–C) groups is 1. The van der Waals surface area contributed by atoms with Crippen LogP contribution in [0.3, 0.4) is 0 Å². The SMILES string of the molecule is CC(=NC#N)N(C)Cc1ccc(Cl)nc1.CO/C=C(/C(=O)OC)c1ccccc1COc1cccc(C(F)(F)F)n1. The van der Waals surface area contributed by atoms with Gasteiger partial charge in [0.15, 0.2) is 0 Å². The van der Waals surface area contributed by atoms with Gasteiger partial charge in [-0.15, -0.1) is 0 Å². The van der Waals surface area contributed by atoms with Gasteiger partial charge >= 0.3 is 12.1 Å². The van der Waals surface area contributed by atoms with Crippen molar-refractivity contribution in [2.75, 3.05) is 21.3 Å². The molecule has 0 aliphatic heterocycles. The number of halogens is 4. The Morgan fingerprint density at radius 3 is 2.49 bits per heavy atom. The lowest BCUT2D eigenvalue weighted by Crippen LogP contribution is -2.23. The van der Waals surface area contributed by atoms with Crippen LogP contribution in [0.4, 0.5) is 13.2 Å². The molecular formula is C28H27ClF3N5O4. The van der Waals surface area contributed by atoms with E-state index in [-0.39, 0.29) is 18.1 Å². The zero-order chi connectivity index (χ0) is 30.4. The van der Waals surface area contributed by atoms with Gasteiger partial charge in [-0.3, -0.25) is 0 Å². The van der Waals surface area contributed by atoms with Gasteiger partial charge in [-0.1, -0.05) is 48.0 Å². The number of ether oxygens (including phenoxy) is 3. The fourth-order valence-corrected chi connectivity index (χ4v) is 3.32. The Kier molecular flexibility index (Phi) is 12.6. The third-order valence-electron chi connectivity index (χ3n) is 5.31. The Hall–Kier alpha value is -4.63. The number of methoxy groups -OCH3 is 2. The summed E-state index contributed by atoms with van der Waals surface area (Å²) in [7, 11) is 4.48. The van der Waals surface area contributed by atoms with Crippen LogP contribution in [0.25, 0.3) is 5.57 Å². The summed E-state index contributed by atoms with van der Waals surface area (Å²) in [5, 5.41) is 8.87. The summed E-state index contributed by atoms with van der Waals surface area (Å²) in [6.45, 7) is 2.34. The molecule has 0 aliphatic rings. The molecular weight excluding hydrogens is 563 g/mol. The molecule has 2 aromatic heterocycles. The van der Waals surface area contributed by atoms with Gasteiger partial charge in [0, 0.05) is 25.9 Å². The average Bonchev–Trinajstić information content (AvgIpc) is 2.96. The fourth-order valence-electron chi connectivity index (χ4n) is 3.21. The van der Waals surface area contributed by atoms with E-state index in [0.717, 1.165) is 11.6 Å². The van der Waals surface area contributed by atoms with Crippen LogP contribution in [0.2, 0.25) is 5.15 Å². The molecule has 9 nitrogen and oxygen atoms in total. The van der Waals surface area contributed by atoms with Crippen LogP contribution in [-0.4, -0.2) is 47.9 Å². The Labute approximate surface area is 240 Å². The molecule has 3 aromatic rings. The summed E-state index contributed by atoms with van der Waals surface area (Å²) in [5.74, 6) is -0.117. The normalized spacial score (nSPS) is 11.5. The number of nitrogens with zero attached hydrogens (tertiary/aromatic N) is 5. The quantitative estimate of drug-likeness (QED) is 0.0607. The van der Waals surface area contributed by atoms with E-state index in [4.69, 9.17) is 31.1 Å². The average molecular weight is 590 g/mol. The van der Waals surface area contributed by atoms with Crippen LogP contribution in [0.1, 0.15) is 29.3 Å². The monoisotopic (exact) mass is 589 g/mol. The predicted octanol–water partition coefficient (Wildman–Crippen LogP) is 5.91. The van der Waals surface area contributed by atoms with Crippen LogP contribution in [-0.2, 0) is 33.6 Å². The highest BCUT2D eigenvalue weighted by atomic mass is 35.5. The highest BCUT2D eigenvalue weighted by molar-refractivity contribution is 6.29. The van der Waals surface area contributed by atoms with Gasteiger partial charge in [0.2, 0.25) is 12.1 Å². The van der Waals surface area contributed by atoms with E-state index in [2.05, 4.69) is 15.0 Å². The smallest absolute Gasteiger partial charge is 0.433 e. The van der Waals surface area contributed by atoms with Crippen molar-refractivity contribution < 1.29 is 32.2 Å². The standard InChI is InChI=1S/C18H16F3NO4.C10H11ClN4/c1-24-11-14(17(23)25-2)13-7-4-3-6-12(13)10-26-16-9-5-8-15(22-16)18(19,20)21;1-8(14-7-12)15(2)6-9-3-4-10(11)13-5-9/h3-9,11H,10H2,1-2H3;3-5H,6H2,1-2H3/b14-11+;. The van der Waals surface area contributed by atoms with E-state index in [1.54, 1.807) is 49.6 Å². The van der Waals surface area contributed by atoms with Crippen molar-refractivity contribution >= 4 is 29.0 Å². The molecule has 13 heteroatoms. The molecule has 216 valence electrons. The van der Waals surface area contributed by atoms with Gasteiger partial charge in [-0.05, 0) is 35.7 Å². The van der Waals surface area contributed by atoms with Gasteiger partial charge in [0.1, 0.15) is 28.9 Å². The summed E-state index contributed by atoms with van der Waals surface area (Å²) in [4.78, 5) is 24.9. The van der Waals surface area contributed by atoms with Crippen LogP contribution in [0.15, 0.2) is 72.0 Å². The molecule has 41 heavy (non-hydrogen) atoms. The zero-order valence-electron chi connectivity index (χ0n) is 22.6. The molecule has 3 rings (SSSR count). The third kappa shape index (κ3) is 10.5. The lowest BCUT2D eigenvalue weighted by atomic mass is 10.0. The first-order valence-corrected chi connectivity index (χ1v) is 12.2. The number of hydrogen-bond donors (Lipinski definition) is 0. The second-order valence-corrected chi connectivity index (χ2v) is 8.55. The Balaban J connectivity index is 0.000000333. The number of esters is 1. The summed E-state index contributed by atoms with van der Waals surface area (Å²) in [6, 6.07) is 13.8. The first kappa shape index (κ1) is 32.6. The molecule has 2 heterocycles. The van der Waals surface area contributed by atoms with Crippen LogP contribution in [0.5, 0.6) is 5.88 Å². The third-order valence-corrected chi connectivity index (χ3v) is 5.53. The fraction of sp³-hybridized carbons (Fsp3) is 0.250. The summed E-state index contributed by atoms with van der Waals surface area (Å²) >= 11 is 5.67. The number of benzene rings is 1. The first-order valence-electron chi connectivity index (χ1n) is 11.8. The van der Waals surface area contributed by atoms with Crippen molar-refractivity contribution in [1.82, 2.24) is 14.9 Å². The number of carbonyl (C=O) groups is 1. The number of nitriles is 1. The van der Waals surface area contributed by atoms with Gasteiger partial charge in [-0.25, -0.2) is 14.8 Å². The summed E-state index contributed by atoms with van der Waals surface area (Å²) in [6.07, 6.45) is 0.130. The second-order valence-electron chi connectivity index (χ2n) is 8.17. The van der Waals surface area contributed by atoms with Gasteiger partial charge < -0.3 is 19.1 Å². The predicted molar refractivity (Wildman–Crippen MR) is 146 cm³/mol. The Bertz CT molecular complexity index is 1410. The zero-order valence-corrected chi connectivity index (χ0v) is 23.4. The molecule has 0 spiro atoms. The Morgan fingerprint density at radius 1 is 1.15 bits per heavy atom. The van der Waals surface area contributed by atoms with Gasteiger partial charge in [0.25, 0.3) is 0 Å². The number of carbonyl (C=O) groups excluding carboxylic acids is 1. The number of alkyl halides is 3. The molecule has 0 unspecified atom stereocenters. The van der Waals surface area contributed by atoms with Crippen molar-refractivity contribution in [2.24, 2.45) is 4.99 Å². The van der Waals surface area contributed by atoms with Crippen LogP contribution < -0.4 is 4.74 Å². The molecule has 0 saturated carbocycles. The molecule has 0 atom stereocenters. The van der Waals surface area contributed by atoms with Crippen LogP contribution >= 0.6 is 11.6 Å². The van der Waals surface area contributed by atoms with Crippen molar-refractivity contribution in [3.8, 4) is 12.1 Å². The van der Waals surface area contributed by atoms with Gasteiger partial charge in [-0.2, -0.15) is 23.4 Å². The Morgan fingerprint density at radius 2 is 1.88 bits per heavy atom. The molecule has 0 saturated heterocycles. The number of pyridine rings is 2. The number of amidine groups is 1. The lowest BCUT2D eigenvalue weighted by Gasteiger charge is -2.17. The second kappa shape index (κ2) is 15.8. The van der Waals surface area contributed by atoms with Crippen molar-refractivity contribution in [2.45, 2.75) is 26.3 Å². The van der Waals surface area contributed by atoms with E-state index in [1.807, 2.05) is 18.0 Å². The lowest BCUT2D eigenvalue weighted by molar-refractivity contribution is -0.141. The van der Waals surface area contributed by atoms with Crippen molar-refractivity contribution in [3.63, 3.8) is 0 Å². The van der Waals surface area contributed by atoms with E-state index >= 15 is 0 Å². The highest BCUT2D eigenvalue weighted by Gasteiger charge is 2.32. The number of hydrogen-bond acceptors (Lipinski definition) is 8. The minimum atomic E-state index is -4.56. The minimum absolute atomic E-state index is 0.0947. The van der Waals surface area contributed by atoms with Crippen molar-refractivity contribution in [3.05, 3.63) is 94.6 Å². The van der Waals surface area contributed by atoms with E-state index < -0.39 is 17.8 Å². The van der Waals surface area contributed by atoms with Gasteiger partial charge in [0.05, 0.1) is 20.5 Å². The minimum Gasteiger partial charge on any atom is -0.503 e. The highest BCUT2D eigenvalue weighted by Crippen LogP contribution is 2.29. The maximum Gasteiger partial charge on any atom is 0.433 e. The van der Waals surface area contributed by atoms with E-state index in [1.165, 1.54) is 32.6 Å². The van der Waals surface area contributed by atoms with Crippen LogP contribution in [0, 0.1) is 11.5 Å². The number of rotatable bonds is 8. The first-order chi connectivity index (χ1) is 19.5. The molecule has 0 amide bonds. The van der Waals surface area contributed by atoms with E-state index in [0.29, 0.717) is 28.7 Å². The van der Waals surface area contributed by atoms with Crippen molar-refractivity contribution in [1.29, 1.82) is 5.26 Å². The maximum absolute atomic E-state index is 12.7. The molecule has 0 N–H and O–H groups in total. The molecule has 0 fully saturated rings. The molecule has 0 aliphatic carbocycles. The molecule has 1 aromatic carbocycles. The molecule has 0 radical (unpaired) electrons. The topological polar surface area (TPSA) is 110 Å². The summed E-state index contributed by atoms with van der Waals surface area (Å²) < 4.78 is 53.2. The van der Waals surface area contributed by atoms with E-state index in [9.17, 15) is 18.0 Å². The maximum atomic E-state index is 12.7. The largest absolute Gasteiger partial charge is 0.503 e. The summed E-state index contributed by atoms with van der Waals surface area (Å²) in [5.41, 5.74) is 1.17. The molecule has 0 bridgehead atoms. The number of aromatic nitrogens is 2.